The predicted molar refractivity (Wildman–Crippen MR) is 131 cm³/mol. The molecule has 0 unspecified atom stereocenters. The van der Waals surface area contributed by atoms with Crippen LogP contribution in [0.1, 0.15) is 11.1 Å². The molecule has 0 atom stereocenters. The molecule has 124 valence electrons. The molecule has 0 saturated carbocycles. The predicted octanol–water partition coefficient (Wildman–Crippen LogP) is 7.07. The molecule has 2 aromatic rings. The Bertz CT molecular complexity index is 740. The first-order chi connectivity index (χ1) is 10.5. The maximum atomic E-state index is 13.3. The number of sulfone groups is 1. The van der Waals surface area contributed by atoms with Crippen molar-refractivity contribution in [3.8, 4) is 0 Å². The monoisotopic (exact) mass is 818 g/mol. The minimum absolute atomic E-state index is 0.572. The SMILES string of the molecule is O=S(=O)(C(I)(I)c1ccc(Cl)cc1)C(I)(I)c1ccc(Cl)cc1. The van der Waals surface area contributed by atoms with Gasteiger partial charge in [0, 0.05) is 10.0 Å². The zero-order valence-corrected chi connectivity index (χ0v) is 22.1. The molecule has 0 radical (unpaired) electrons. The van der Waals surface area contributed by atoms with Gasteiger partial charge in [-0.2, -0.15) is 0 Å². The lowest BCUT2D eigenvalue weighted by Crippen LogP contribution is -2.34. The fourth-order valence-corrected chi connectivity index (χ4v) is 13.7. The van der Waals surface area contributed by atoms with Crippen molar-refractivity contribution < 1.29 is 8.42 Å². The molecule has 2 aromatic carbocycles. The molecule has 23 heavy (non-hydrogen) atoms. The number of rotatable bonds is 4. The van der Waals surface area contributed by atoms with Crippen LogP contribution >= 0.6 is 114 Å². The van der Waals surface area contributed by atoms with E-state index in [9.17, 15) is 8.42 Å². The van der Waals surface area contributed by atoms with Crippen LogP contribution in [0.4, 0.5) is 0 Å². The van der Waals surface area contributed by atoms with Crippen LogP contribution < -0.4 is 0 Å². The van der Waals surface area contributed by atoms with Gasteiger partial charge >= 0.3 is 0 Å². The molecular formula is C14H8Cl2I4O2S. The third-order valence-corrected chi connectivity index (χ3v) is 14.8. The van der Waals surface area contributed by atoms with E-state index in [2.05, 4.69) is 0 Å². The molecule has 0 aromatic heterocycles. The summed E-state index contributed by atoms with van der Waals surface area (Å²) in [5.74, 6) is 0. The highest BCUT2D eigenvalue weighted by atomic mass is 127. The number of benzene rings is 2. The Morgan fingerprint density at radius 2 is 0.913 bits per heavy atom. The van der Waals surface area contributed by atoms with E-state index in [0.29, 0.717) is 21.2 Å². The summed E-state index contributed by atoms with van der Waals surface area (Å²) in [7, 11) is -3.61. The standard InChI is InChI=1S/C14H8Cl2I4O2S/c15-11-5-1-9(2-6-11)13(17,18)23(21,22)14(19,20)10-3-7-12(16)8-4-10/h1-8H. The van der Waals surface area contributed by atoms with Gasteiger partial charge < -0.3 is 0 Å². The Balaban J connectivity index is 2.54. The van der Waals surface area contributed by atoms with Crippen LogP contribution in [0.25, 0.3) is 0 Å². The van der Waals surface area contributed by atoms with Crippen LogP contribution in [0.3, 0.4) is 0 Å². The second-order valence-electron chi connectivity index (χ2n) is 4.55. The Morgan fingerprint density at radius 3 is 1.17 bits per heavy atom. The summed E-state index contributed by atoms with van der Waals surface area (Å²) in [6, 6.07) is 13.7. The second kappa shape index (κ2) is 7.87. The maximum Gasteiger partial charge on any atom is 0.207 e. The molecule has 0 N–H and O–H groups in total. The zero-order valence-electron chi connectivity index (χ0n) is 11.1. The van der Waals surface area contributed by atoms with Gasteiger partial charge in [-0.15, -0.1) is 0 Å². The van der Waals surface area contributed by atoms with Gasteiger partial charge in [0.2, 0.25) is 11.4 Å². The Kier molecular flexibility index (Phi) is 7.25. The lowest BCUT2D eigenvalue weighted by Gasteiger charge is -2.30. The van der Waals surface area contributed by atoms with Crippen molar-refractivity contribution in [3.05, 3.63) is 69.7 Å². The minimum atomic E-state index is -3.61. The van der Waals surface area contributed by atoms with Gasteiger partial charge in [-0.05, 0) is 126 Å². The van der Waals surface area contributed by atoms with Crippen molar-refractivity contribution in [1.82, 2.24) is 0 Å². The van der Waals surface area contributed by atoms with Crippen LogP contribution in [-0.4, -0.2) is 8.42 Å². The number of alkyl halides is 4. The van der Waals surface area contributed by atoms with Crippen molar-refractivity contribution in [3.63, 3.8) is 0 Å². The van der Waals surface area contributed by atoms with E-state index < -0.39 is 11.4 Å². The molecule has 2 rings (SSSR count). The minimum Gasteiger partial charge on any atom is -0.224 e. The molecule has 0 spiro atoms. The van der Waals surface area contributed by atoms with Crippen LogP contribution in [-0.2, 0) is 11.4 Å². The lowest BCUT2D eigenvalue weighted by atomic mass is 10.2. The fourth-order valence-electron chi connectivity index (χ4n) is 1.76. The van der Waals surface area contributed by atoms with Crippen molar-refractivity contribution in [2.24, 2.45) is 0 Å². The normalized spacial score (nSPS) is 13.1. The third kappa shape index (κ3) is 4.25. The first-order valence-electron chi connectivity index (χ1n) is 6.02. The Labute approximate surface area is 199 Å². The molecule has 2 nitrogen and oxygen atoms in total. The Hall–Kier alpha value is 1.89. The van der Waals surface area contributed by atoms with E-state index >= 15 is 0 Å². The van der Waals surface area contributed by atoms with Crippen LogP contribution in [0.2, 0.25) is 10.0 Å². The fraction of sp³-hybridized carbons (Fsp3) is 0.143. The van der Waals surface area contributed by atoms with Gasteiger partial charge in [0.15, 0.2) is 0 Å². The number of hydrogen-bond acceptors (Lipinski definition) is 2. The molecule has 0 aliphatic carbocycles. The Morgan fingerprint density at radius 1 is 0.652 bits per heavy atom. The summed E-state index contributed by atoms with van der Waals surface area (Å²) in [4.78, 5) is 0. The molecule has 9 heteroatoms. The van der Waals surface area contributed by atoms with Crippen molar-refractivity contribution in [2.45, 2.75) is 1.52 Å². The molecule has 0 bridgehead atoms. The van der Waals surface area contributed by atoms with Gasteiger partial charge in [0.1, 0.15) is 0 Å². The summed E-state index contributed by atoms with van der Waals surface area (Å²) in [5.41, 5.74) is 1.35. The summed E-state index contributed by atoms with van der Waals surface area (Å²) in [6.45, 7) is 0. The first-order valence-corrected chi connectivity index (χ1v) is 12.6. The van der Waals surface area contributed by atoms with Gasteiger partial charge in [-0.3, -0.25) is 0 Å². The van der Waals surface area contributed by atoms with E-state index in [1.54, 1.807) is 48.5 Å². The quantitative estimate of drug-likeness (QED) is 0.245. The second-order valence-corrected chi connectivity index (χ2v) is 21.2. The zero-order chi connectivity index (χ0) is 17.5. The number of hydrogen-bond donors (Lipinski definition) is 0. The van der Waals surface area contributed by atoms with Gasteiger partial charge in [0.25, 0.3) is 0 Å². The highest BCUT2D eigenvalue weighted by Crippen LogP contribution is 2.57. The van der Waals surface area contributed by atoms with E-state index in [1.807, 2.05) is 90.4 Å². The lowest BCUT2D eigenvalue weighted by molar-refractivity contribution is 0.592. The largest absolute Gasteiger partial charge is 0.224 e. The molecule has 0 amide bonds. The highest BCUT2D eigenvalue weighted by Gasteiger charge is 2.53. The summed E-state index contributed by atoms with van der Waals surface area (Å²) >= 11 is 19.7. The highest BCUT2D eigenvalue weighted by molar-refractivity contribution is 14.2. The van der Waals surface area contributed by atoms with E-state index in [0.717, 1.165) is 0 Å². The molecule has 0 fully saturated rings. The summed E-state index contributed by atoms with van der Waals surface area (Å²) in [6.07, 6.45) is 0. The maximum absolute atomic E-state index is 13.3. The summed E-state index contributed by atoms with van der Waals surface area (Å²) < 4.78 is 24.4. The third-order valence-electron chi connectivity index (χ3n) is 3.04. The van der Waals surface area contributed by atoms with E-state index in [1.165, 1.54) is 0 Å². The van der Waals surface area contributed by atoms with Gasteiger partial charge in [-0.25, -0.2) is 8.42 Å². The topological polar surface area (TPSA) is 34.1 Å². The van der Waals surface area contributed by atoms with Crippen molar-refractivity contribution in [2.75, 3.05) is 0 Å². The van der Waals surface area contributed by atoms with Gasteiger partial charge in [0.05, 0.1) is 0 Å². The first kappa shape index (κ1) is 21.2. The molecule has 0 saturated heterocycles. The van der Waals surface area contributed by atoms with Crippen LogP contribution in [0, 0.1) is 0 Å². The smallest absolute Gasteiger partial charge is 0.207 e. The van der Waals surface area contributed by atoms with Crippen molar-refractivity contribution >= 4 is 123 Å². The summed E-state index contributed by atoms with van der Waals surface area (Å²) in [5, 5.41) is 1.14. The molecular weight excluding hydrogens is 811 g/mol. The average molecular weight is 819 g/mol. The van der Waals surface area contributed by atoms with Crippen LogP contribution in [0.5, 0.6) is 0 Å². The average Bonchev–Trinajstić information content (AvgIpc) is 2.47. The molecule has 0 aliphatic rings. The van der Waals surface area contributed by atoms with Crippen molar-refractivity contribution in [1.29, 1.82) is 0 Å². The number of halogens is 6. The molecule has 0 aliphatic heterocycles. The van der Waals surface area contributed by atoms with Gasteiger partial charge in [-0.1, -0.05) is 47.5 Å². The van der Waals surface area contributed by atoms with Crippen LogP contribution in [0.15, 0.2) is 48.5 Å². The van der Waals surface area contributed by atoms with E-state index in [4.69, 9.17) is 23.2 Å². The molecule has 0 heterocycles. The van der Waals surface area contributed by atoms with E-state index in [-0.39, 0.29) is 0 Å².